The van der Waals surface area contributed by atoms with E-state index in [-0.39, 0.29) is 6.04 Å². The highest BCUT2D eigenvalue weighted by atomic mass is 32.1. The van der Waals surface area contributed by atoms with Crippen molar-refractivity contribution < 1.29 is 0 Å². The Kier molecular flexibility index (Phi) is 4.16. The number of rotatable bonds is 5. The molecule has 0 spiro atoms. The van der Waals surface area contributed by atoms with Crippen molar-refractivity contribution in [3.05, 3.63) is 82.6 Å². The summed E-state index contributed by atoms with van der Waals surface area (Å²) < 4.78 is 0. The smallest absolute Gasteiger partial charge is 0.115 e. The molecule has 3 rings (SSSR count). The van der Waals surface area contributed by atoms with E-state index in [1.54, 1.807) is 23.9 Å². The highest BCUT2D eigenvalue weighted by molar-refractivity contribution is 7.10. The van der Waals surface area contributed by atoms with Crippen molar-refractivity contribution in [3.8, 4) is 0 Å². The molecule has 0 saturated heterocycles. The first-order valence-electron chi connectivity index (χ1n) is 6.50. The zero-order chi connectivity index (χ0) is 13.6. The van der Waals surface area contributed by atoms with Gasteiger partial charge in [-0.15, -0.1) is 11.3 Å². The summed E-state index contributed by atoms with van der Waals surface area (Å²) in [6.45, 7) is 0.722. The van der Waals surface area contributed by atoms with Gasteiger partial charge in [-0.2, -0.15) is 0 Å². The van der Waals surface area contributed by atoms with Gasteiger partial charge >= 0.3 is 0 Å². The molecule has 0 amide bonds. The van der Waals surface area contributed by atoms with Crippen LogP contribution in [0, 0.1) is 0 Å². The maximum absolute atomic E-state index is 4.26. The Labute approximate surface area is 122 Å². The normalized spacial score (nSPS) is 12.2. The molecule has 1 N–H and O–H groups in total. The van der Waals surface area contributed by atoms with Crippen molar-refractivity contribution in [2.75, 3.05) is 0 Å². The topological polar surface area (TPSA) is 37.8 Å². The van der Waals surface area contributed by atoms with Gasteiger partial charge < -0.3 is 0 Å². The Morgan fingerprint density at radius 1 is 1.05 bits per heavy atom. The number of benzene rings is 1. The third-order valence-electron chi connectivity index (χ3n) is 3.09. The van der Waals surface area contributed by atoms with E-state index >= 15 is 0 Å². The van der Waals surface area contributed by atoms with Crippen LogP contribution in [0.15, 0.2) is 66.4 Å². The molecule has 0 fully saturated rings. The molecule has 1 atom stereocenters. The van der Waals surface area contributed by atoms with Crippen LogP contribution in [0.1, 0.15) is 22.2 Å². The number of hydrogen-bond donors (Lipinski definition) is 1. The number of thiophene rings is 1. The van der Waals surface area contributed by atoms with E-state index in [4.69, 9.17) is 0 Å². The minimum atomic E-state index is 0.200. The van der Waals surface area contributed by atoms with Crippen LogP contribution in [0.2, 0.25) is 0 Å². The summed E-state index contributed by atoms with van der Waals surface area (Å²) in [4.78, 5) is 9.51. The fraction of sp³-hybridized carbons (Fsp3) is 0.125. The summed E-state index contributed by atoms with van der Waals surface area (Å²) >= 11 is 1.77. The maximum atomic E-state index is 4.26. The Bertz CT molecular complexity index is 623. The van der Waals surface area contributed by atoms with Gasteiger partial charge in [-0.1, -0.05) is 36.4 Å². The van der Waals surface area contributed by atoms with Gasteiger partial charge in [-0.3, -0.25) is 5.32 Å². The second kappa shape index (κ2) is 6.41. The van der Waals surface area contributed by atoms with Gasteiger partial charge in [0.25, 0.3) is 0 Å². The molecule has 100 valence electrons. The predicted molar refractivity (Wildman–Crippen MR) is 81.5 cm³/mol. The van der Waals surface area contributed by atoms with Crippen molar-refractivity contribution in [1.82, 2.24) is 15.3 Å². The SMILES string of the molecule is c1ccc(C(NCc2ccncn2)c2cccs2)cc1. The molecule has 4 heteroatoms. The monoisotopic (exact) mass is 281 g/mol. The van der Waals surface area contributed by atoms with Crippen LogP contribution >= 0.6 is 11.3 Å². The van der Waals surface area contributed by atoms with Gasteiger partial charge in [-0.05, 0) is 23.1 Å². The van der Waals surface area contributed by atoms with Crippen molar-refractivity contribution in [2.24, 2.45) is 0 Å². The number of hydrogen-bond acceptors (Lipinski definition) is 4. The van der Waals surface area contributed by atoms with Gasteiger partial charge in [0.1, 0.15) is 6.33 Å². The number of aromatic nitrogens is 2. The van der Waals surface area contributed by atoms with Crippen molar-refractivity contribution in [2.45, 2.75) is 12.6 Å². The average molecular weight is 281 g/mol. The lowest BCUT2D eigenvalue weighted by molar-refractivity contribution is 0.603. The molecule has 2 heterocycles. The molecule has 1 aromatic carbocycles. The van der Waals surface area contributed by atoms with E-state index in [0.717, 1.165) is 12.2 Å². The van der Waals surface area contributed by atoms with Crippen LogP contribution in [-0.4, -0.2) is 9.97 Å². The Morgan fingerprint density at radius 3 is 2.65 bits per heavy atom. The molecule has 0 radical (unpaired) electrons. The van der Waals surface area contributed by atoms with Crippen LogP contribution in [0.4, 0.5) is 0 Å². The summed E-state index contributed by atoms with van der Waals surface area (Å²) in [5, 5.41) is 5.68. The van der Waals surface area contributed by atoms with E-state index in [1.807, 2.05) is 12.1 Å². The van der Waals surface area contributed by atoms with Crippen LogP contribution in [0.3, 0.4) is 0 Å². The van der Waals surface area contributed by atoms with Gasteiger partial charge in [0.15, 0.2) is 0 Å². The van der Waals surface area contributed by atoms with Crippen LogP contribution < -0.4 is 5.32 Å². The molecule has 0 aliphatic carbocycles. The van der Waals surface area contributed by atoms with Gasteiger partial charge in [0, 0.05) is 17.6 Å². The minimum absolute atomic E-state index is 0.200. The fourth-order valence-corrected chi connectivity index (χ4v) is 2.94. The summed E-state index contributed by atoms with van der Waals surface area (Å²) in [5.74, 6) is 0. The van der Waals surface area contributed by atoms with E-state index in [1.165, 1.54) is 10.4 Å². The highest BCUT2D eigenvalue weighted by Crippen LogP contribution is 2.26. The molecular weight excluding hydrogens is 266 g/mol. The van der Waals surface area contributed by atoms with Gasteiger partial charge in [0.2, 0.25) is 0 Å². The lowest BCUT2D eigenvalue weighted by atomic mass is 10.1. The second-order valence-electron chi connectivity index (χ2n) is 4.44. The number of nitrogens with one attached hydrogen (secondary N) is 1. The molecule has 3 aromatic rings. The quantitative estimate of drug-likeness (QED) is 0.778. The first-order chi connectivity index (χ1) is 9.93. The van der Waals surface area contributed by atoms with Gasteiger partial charge in [0.05, 0.1) is 11.7 Å². The summed E-state index contributed by atoms with van der Waals surface area (Å²) in [5.41, 5.74) is 2.27. The molecule has 0 aliphatic heterocycles. The van der Waals surface area contributed by atoms with Crippen LogP contribution in [0.5, 0.6) is 0 Å². The van der Waals surface area contributed by atoms with E-state index < -0.39 is 0 Å². The standard InChI is InChI=1S/C16H15N3S/c1-2-5-13(6-3-1)16(15-7-4-10-20-15)18-11-14-8-9-17-12-19-14/h1-10,12,16,18H,11H2. The Hall–Kier alpha value is -2.04. The summed E-state index contributed by atoms with van der Waals surface area (Å²) in [6, 6.07) is 16.9. The zero-order valence-electron chi connectivity index (χ0n) is 10.9. The molecule has 0 saturated carbocycles. The third-order valence-corrected chi connectivity index (χ3v) is 4.03. The fourth-order valence-electron chi connectivity index (χ4n) is 2.11. The second-order valence-corrected chi connectivity index (χ2v) is 5.42. The molecular formula is C16H15N3S. The van der Waals surface area contributed by atoms with Gasteiger partial charge in [-0.25, -0.2) is 9.97 Å². The molecule has 0 aliphatic rings. The molecule has 2 aromatic heterocycles. The van der Waals surface area contributed by atoms with Crippen molar-refractivity contribution in [1.29, 1.82) is 0 Å². The molecule has 1 unspecified atom stereocenters. The highest BCUT2D eigenvalue weighted by Gasteiger charge is 2.14. The average Bonchev–Trinajstić information content (AvgIpc) is 3.04. The Balaban J connectivity index is 1.80. The van der Waals surface area contributed by atoms with Crippen molar-refractivity contribution in [3.63, 3.8) is 0 Å². The third kappa shape index (κ3) is 3.10. The zero-order valence-corrected chi connectivity index (χ0v) is 11.8. The lowest BCUT2D eigenvalue weighted by Crippen LogP contribution is -2.21. The predicted octanol–water partition coefficient (Wildman–Crippen LogP) is 3.42. The first-order valence-corrected chi connectivity index (χ1v) is 7.38. The first kappa shape index (κ1) is 13.0. The van der Waals surface area contributed by atoms with E-state index in [2.05, 4.69) is 57.1 Å². The van der Waals surface area contributed by atoms with Crippen LogP contribution in [-0.2, 0) is 6.54 Å². The summed E-state index contributed by atoms with van der Waals surface area (Å²) in [7, 11) is 0. The summed E-state index contributed by atoms with van der Waals surface area (Å²) in [6.07, 6.45) is 3.35. The largest absolute Gasteiger partial charge is 0.300 e. The van der Waals surface area contributed by atoms with E-state index in [0.29, 0.717) is 0 Å². The minimum Gasteiger partial charge on any atom is -0.300 e. The maximum Gasteiger partial charge on any atom is 0.115 e. The molecule has 3 nitrogen and oxygen atoms in total. The van der Waals surface area contributed by atoms with Crippen molar-refractivity contribution >= 4 is 11.3 Å². The van der Waals surface area contributed by atoms with Crippen LogP contribution in [0.25, 0.3) is 0 Å². The number of nitrogens with zero attached hydrogens (tertiary/aromatic N) is 2. The molecule has 20 heavy (non-hydrogen) atoms. The van der Waals surface area contributed by atoms with E-state index in [9.17, 15) is 0 Å². The Morgan fingerprint density at radius 2 is 1.95 bits per heavy atom. The molecule has 0 bridgehead atoms. The lowest BCUT2D eigenvalue weighted by Gasteiger charge is -2.17.